The molecule has 0 radical (unpaired) electrons. The van der Waals surface area contributed by atoms with Crippen LogP contribution in [0, 0.1) is 0 Å². The number of carbonyl (C=O) groups excluding carboxylic acids is 1. The minimum atomic E-state index is 0.338. The van der Waals surface area contributed by atoms with Crippen molar-refractivity contribution in [2.24, 2.45) is 15.4 Å². The molecule has 0 aromatic carbocycles. The lowest BCUT2D eigenvalue weighted by atomic mass is 10.0. The number of Topliss-reactive ketones (excluding diaryl/α,β-unsaturated/α-hetero) is 1. The van der Waals surface area contributed by atoms with E-state index in [0.29, 0.717) is 5.78 Å². The summed E-state index contributed by atoms with van der Waals surface area (Å²) in [5, 5.41) is 11.5. The first-order chi connectivity index (χ1) is 11.8. The Balaban J connectivity index is 1.67. The number of carbonyl (C=O) groups is 1. The average molecular weight is 336 g/mol. The summed E-state index contributed by atoms with van der Waals surface area (Å²) in [6, 6.07) is 0. The highest BCUT2D eigenvalue weighted by Crippen LogP contribution is 2.14. The molecule has 0 saturated carbocycles. The molecule has 4 nitrogen and oxygen atoms in total. The van der Waals surface area contributed by atoms with Gasteiger partial charge in [0.2, 0.25) is 0 Å². The Morgan fingerprint density at radius 2 is 1.21 bits per heavy atom. The normalized spacial score (nSPS) is 13.5. The van der Waals surface area contributed by atoms with Gasteiger partial charge in [-0.05, 0) is 31.4 Å². The lowest BCUT2D eigenvalue weighted by Crippen LogP contribution is -1.98. The van der Waals surface area contributed by atoms with Crippen LogP contribution in [0.5, 0.6) is 0 Å². The minimum absolute atomic E-state index is 0.338. The summed E-state index contributed by atoms with van der Waals surface area (Å²) < 4.78 is 0. The lowest BCUT2D eigenvalue weighted by Gasteiger charge is -2.03. The Morgan fingerprint density at radius 1 is 0.750 bits per heavy atom. The van der Waals surface area contributed by atoms with Crippen LogP contribution in [0.3, 0.4) is 0 Å². The van der Waals surface area contributed by atoms with Crippen LogP contribution in [-0.4, -0.2) is 18.0 Å². The molecule has 1 aliphatic heterocycles. The number of rotatable bonds is 17. The zero-order chi connectivity index (χ0) is 17.3. The number of nitrogens with zero attached hydrogens (tertiary/aromatic N) is 3. The lowest BCUT2D eigenvalue weighted by molar-refractivity contribution is -0.117. The van der Waals surface area contributed by atoms with Gasteiger partial charge in [0.25, 0.3) is 0 Å². The van der Waals surface area contributed by atoms with Gasteiger partial charge in [0.1, 0.15) is 12.3 Å². The second-order valence-corrected chi connectivity index (χ2v) is 7.21. The van der Waals surface area contributed by atoms with Gasteiger partial charge in [0, 0.05) is 6.42 Å². The third-order valence-corrected chi connectivity index (χ3v) is 4.75. The van der Waals surface area contributed by atoms with Gasteiger partial charge in [-0.3, -0.25) is 0 Å². The highest BCUT2D eigenvalue weighted by atomic mass is 16.1. The van der Waals surface area contributed by atoms with E-state index in [0.717, 1.165) is 31.5 Å². The molecule has 0 N–H and O–H groups in total. The fourth-order valence-electron chi connectivity index (χ4n) is 3.19. The summed E-state index contributed by atoms with van der Waals surface area (Å²) in [5.74, 6) is 0.338. The molecule has 0 unspecified atom stereocenters. The van der Waals surface area contributed by atoms with Crippen molar-refractivity contribution in [3.63, 3.8) is 0 Å². The Bertz CT molecular complexity index is 377. The minimum Gasteiger partial charge on any atom is -0.300 e. The van der Waals surface area contributed by atoms with E-state index in [1.54, 1.807) is 6.92 Å². The van der Waals surface area contributed by atoms with Gasteiger partial charge >= 0.3 is 0 Å². The van der Waals surface area contributed by atoms with Crippen LogP contribution >= 0.6 is 0 Å². The van der Waals surface area contributed by atoms with Gasteiger partial charge in [-0.2, -0.15) is 5.11 Å². The molecule has 0 aromatic rings. The van der Waals surface area contributed by atoms with Crippen molar-refractivity contribution in [2.45, 2.75) is 110 Å². The first-order valence-electron chi connectivity index (χ1n) is 10.2. The van der Waals surface area contributed by atoms with Gasteiger partial charge in [0.15, 0.2) is 0 Å². The Hall–Kier alpha value is -1.06. The first-order valence-corrected chi connectivity index (χ1v) is 10.2. The second kappa shape index (κ2) is 15.5. The number of unbranched alkanes of at least 4 members (excludes halogenated alkanes) is 13. The van der Waals surface area contributed by atoms with Crippen molar-refractivity contribution in [3.8, 4) is 0 Å². The van der Waals surface area contributed by atoms with Crippen LogP contribution in [-0.2, 0) is 4.79 Å². The summed E-state index contributed by atoms with van der Waals surface area (Å²) in [6.07, 6.45) is 20.5. The van der Waals surface area contributed by atoms with Crippen LogP contribution < -0.4 is 0 Å². The molecule has 0 amide bonds. The van der Waals surface area contributed by atoms with Crippen LogP contribution in [0.4, 0.5) is 0 Å². The fraction of sp³-hybridized carbons (Fsp3) is 0.900. The maximum atomic E-state index is 10.8. The average Bonchev–Trinajstić information content (AvgIpc) is 3.07. The highest BCUT2D eigenvalue weighted by Gasteiger charge is 2.03. The topological polar surface area (TPSA) is 54.1 Å². The number of hydrogen-bond donors (Lipinski definition) is 0. The molecular weight excluding hydrogens is 298 g/mol. The van der Waals surface area contributed by atoms with Crippen molar-refractivity contribution in [1.29, 1.82) is 0 Å². The molecular formula is C20H37N3O. The highest BCUT2D eigenvalue weighted by molar-refractivity contribution is 5.86. The molecule has 4 heteroatoms. The second-order valence-electron chi connectivity index (χ2n) is 7.21. The third kappa shape index (κ3) is 13.4. The third-order valence-electron chi connectivity index (χ3n) is 4.75. The molecule has 1 aliphatic rings. The van der Waals surface area contributed by atoms with E-state index in [-0.39, 0.29) is 0 Å². The Morgan fingerprint density at radius 3 is 1.62 bits per heavy atom. The van der Waals surface area contributed by atoms with E-state index in [4.69, 9.17) is 0 Å². The molecule has 0 aromatic heterocycles. The van der Waals surface area contributed by atoms with E-state index in [9.17, 15) is 4.79 Å². The first kappa shape index (κ1) is 21.0. The fourth-order valence-corrected chi connectivity index (χ4v) is 3.19. The smallest absolute Gasteiger partial charge is 0.129 e. The summed E-state index contributed by atoms with van der Waals surface area (Å²) in [7, 11) is 0. The largest absolute Gasteiger partial charge is 0.300 e. The Kier molecular flexibility index (Phi) is 13.5. The maximum Gasteiger partial charge on any atom is 0.129 e. The summed E-state index contributed by atoms with van der Waals surface area (Å²) >= 11 is 0. The van der Waals surface area contributed by atoms with Crippen molar-refractivity contribution < 1.29 is 4.79 Å². The number of hydrogen-bond acceptors (Lipinski definition) is 4. The molecule has 1 heterocycles. The van der Waals surface area contributed by atoms with Crippen molar-refractivity contribution >= 4 is 11.5 Å². The van der Waals surface area contributed by atoms with Crippen molar-refractivity contribution in [3.05, 3.63) is 0 Å². The van der Waals surface area contributed by atoms with Gasteiger partial charge in [-0.1, -0.05) is 77.0 Å². The van der Waals surface area contributed by atoms with Crippen molar-refractivity contribution in [2.75, 3.05) is 6.54 Å². The molecule has 0 spiro atoms. The van der Waals surface area contributed by atoms with Gasteiger partial charge in [0.05, 0.1) is 5.71 Å². The molecule has 0 saturated heterocycles. The molecule has 0 aliphatic carbocycles. The van der Waals surface area contributed by atoms with Crippen molar-refractivity contribution in [1.82, 2.24) is 0 Å². The Labute approximate surface area is 148 Å². The molecule has 1 rings (SSSR count). The standard InChI is InChI=1S/C20H37N3O/c1-19(24)16-14-12-10-8-6-4-2-3-5-7-9-11-13-15-17-20-18-21-23-22-20/h2-18H2,1H3. The van der Waals surface area contributed by atoms with Gasteiger partial charge in [-0.15, -0.1) is 5.10 Å². The zero-order valence-electron chi connectivity index (χ0n) is 15.8. The summed E-state index contributed by atoms with van der Waals surface area (Å²) in [5.41, 5.74) is 1.16. The van der Waals surface area contributed by atoms with Gasteiger partial charge in [-0.25, -0.2) is 0 Å². The van der Waals surface area contributed by atoms with E-state index in [2.05, 4.69) is 15.4 Å². The molecule has 0 bridgehead atoms. The van der Waals surface area contributed by atoms with E-state index in [1.165, 1.54) is 83.5 Å². The maximum absolute atomic E-state index is 10.8. The molecule has 0 fully saturated rings. The number of ketones is 1. The van der Waals surface area contributed by atoms with Crippen LogP contribution in [0.25, 0.3) is 0 Å². The van der Waals surface area contributed by atoms with Gasteiger partial charge < -0.3 is 4.79 Å². The predicted molar refractivity (Wildman–Crippen MR) is 102 cm³/mol. The SMILES string of the molecule is CC(=O)CCCCCCCCCCCCCCCCC1=NN=NC1. The quantitative estimate of drug-likeness (QED) is 0.275. The predicted octanol–water partition coefficient (Wildman–Crippen LogP) is 6.64. The zero-order valence-corrected chi connectivity index (χ0v) is 15.8. The summed E-state index contributed by atoms with van der Waals surface area (Å²) in [4.78, 5) is 10.8. The van der Waals surface area contributed by atoms with Crippen LogP contribution in [0.2, 0.25) is 0 Å². The molecule has 0 atom stereocenters. The monoisotopic (exact) mass is 335 g/mol. The van der Waals surface area contributed by atoms with E-state index < -0.39 is 0 Å². The van der Waals surface area contributed by atoms with Crippen LogP contribution in [0.15, 0.2) is 15.4 Å². The van der Waals surface area contributed by atoms with E-state index in [1.807, 2.05) is 0 Å². The van der Waals surface area contributed by atoms with E-state index >= 15 is 0 Å². The summed E-state index contributed by atoms with van der Waals surface area (Å²) in [6.45, 7) is 2.43. The molecule has 24 heavy (non-hydrogen) atoms. The van der Waals surface area contributed by atoms with Crippen LogP contribution in [0.1, 0.15) is 110 Å². The molecule has 138 valence electrons.